The summed E-state index contributed by atoms with van der Waals surface area (Å²) in [7, 11) is 3.62. The van der Waals surface area contributed by atoms with Gasteiger partial charge >= 0.3 is 5.97 Å². The Morgan fingerprint density at radius 3 is 2.70 bits per heavy atom. The zero-order valence-corrected chi connectivity index (χ0v) is 11.9. The third kappa shape index (κ3) is 2.34. The molecule has 2 aromatic rings. The number of fused-ring (bicyclic) bond motifs is 1. The fraction of sp³-hybridized carbons (Fsp3) is 0.385. The van der Waals surface area contributed by atoms with Crippen molar-refractivity contribution in [2.45, 2.75) is 13.8 Å². The molecule has 7 heteroatoms. The lowest BCUT2D eigenvalue weighted by Crippen LogP contribution is -2.21. The zero-order chi connectivity index (χ0) is 14.9. The molecule has 20 heavy (non-hydrogen) atoms. The zero-order valence-electron chi connectivity index (χ0n) is 11.9. The Balaban J connectivity index is 2.69. The minimum atomic E-state index is -0.663. The molecule has 0 bridgehead atoms. The van der Waals surface area contributed by atoms with Crippen LogP contribution in [0.5, 0.6) is 0 Å². The quantitative estimate of drug-likeness (QED) is 0.837. The van der Waals surface area contributed by atoms with Gasteiger partial charge in [0, 0.05) is 20.3 Å². The van der Waals surface area contributed by atoms with Crippen LogP contribution < -0.4 is 10.3 Å². The van der Waals surface area contributed by atoms with E-state index in [1.165, 1.54) is 6.20 Å². The summed E-state index contributed by atoms with van der Waals surface area (Å²) in [6.45, 7) is 3.69. The van der Waals surface area contributed by atoms with Crippen LogP contribution in [0.2, 0.25) is 0 Å². The highest BCUT2D eigenvalue weighted by molar-refractivity contribution is 5.92. The van der Waals surface area contributed by atoms with Crippen LogP contribution in [0.4, 0.5) is 5.82 Å². The molecule has 2 rings (SSSR count). The first-order valence-corrected chi connectivity index (χ1v) is 6.20. The maximum absolute atomic E-state index is 12.3. The fourth-order valence-electron chi connectivity index (χ4n) is 1.89. The van der Waals surface area contributed by atoms with Crippen molar-refractivity contribution in [3.8, 4) is 0 Å². The predicted octanol–water partition coefficient (Wildman–Crippen LogP) is 0.869. The van der Waals surface area contributed by atoms with Gasteiger partial charge in [0.05, 0.1) is 12.3 Å². The highest BCUT2D eigenvalue weighted by atomic mass is 16.5. The highest BCUT2D eigenvalue weighted by Gasteiger charge is 2.17. The summed E-state index contributed by atoms with van der Waals surface area (Å²) in [5.74, 6) is -0.0755. The van der Waals surface area contributed by atoms with E-state index in [0.29, 0.717) is 17.2 Å². The molecule has 0 aromatic carbocycles. The second-order valence-electron chi connectivity index (χ2n) is 4.48. The maximum atomic E-state index is 12.3. The molecule has 2 heterocycles. The number of pyridine rings is 1. The van der Waals surface area contributed by atoms with Crippen LogP contribution in [-0.2, 0) is 4.74 Å². The summed E-state index contributed by atoms with van der Waals surface area (Å²) in [5.41, 5.74) is 0.632. The number of hydrogen-bond acceptors (Lipinski definition) is 6. The van der Waals surface area contributed by atoms with Crippen molar-refractivity contribution in [2.24, 2.45) is 0 Å². The number of nitrogens with zero attached hydrogens (tertiary/aromatic N) is 3. The monoisotopic (exact) mass is 276 g/mol. The molecule has 1 N–H and O–H groups in total. The smallest absolute Gasteiger partial charge is 0.343 e. The first kappa shape index (κ1) is 14.0. The van der Waals surface area contributed by atoms with Crippen LogP contribution in [0.3, 0.4) is 0 Å². The van der Waals surface area contributed by atoms with Crippen LogP contribution in [0, 0.1) is 6.92 Å². The van der Waals surface area contributed by atoms with Crippen molar-refractivity contribution in [1.29, 1.82) is 0 Å². The van der Waals surface area contributed by atoms with Gasteiger partial charge in [0.25, 0.3) is 0 Å². The lowest BCUT2D eigenvalue weighted by atomic mass is 10.2. The normalized spacial score (nSPS) is 10.6. The molecule has 0 radical (unpaired) electrons. The summed E-state index contributed by atoms with van der Waals surface area (Å²) in [6, 6.07) is 0. The number of H-pyrrole nitrogens is 1. The van der Waals surface area contributed by atoms with Crippen molar-refractivity contribution >= 4 is 23.0 Å². The topological polar surface area (TPSA) is 88.2 Å². The predicted molar refractivity (Wildman–Crippen MR) is 75.2 cm³/mol. The molecule has 106 valence electrons. The minimum absolute atomic E-state index is 0.0674. The van der Waals surface area contributed by atoms with Crippen molar-refractivity contribution in [2.75, 3.05) is 25.6 Å². The summed E-state index contributed by atoms with van der Waals surface area (Å²) < 4.78 is 4.84. The average molecular weight is 276 g/mol. The summed E-state index contributed by atoms with van der Waals surface area (Å²) in [6.07, 6.45) is 1.31. The Morgan fingerprint density at radius 1 is 1.40 bits per heavy atom. The van der Waals surface area contributed by atoms with E-state index >= 15 is 0 Å². The largest absolute Gasteiger partial charge is 0.462 e. The highest BCUT2D eigenvalue weighted by Crippen LogP contribution is 2.15. The van der Waals surface area contributed by atoms with Gasteiger partial charge in [-0.1, -0.05) is 0 Å². The SMILES string of the molecule is CCOC(=O)c1c[nH]c2nc(C)c(N(C)C)nc2c1=O. The number of aromatic nitrogens is 3. The van der Waals surface area contributed by atoms with E-state index in [1.807, 2.05) is 14.1 Å². The Morgan fingerprint density at radius 2 is 2.10 bits per heavy atom. The van der Waals surface area contributed by atoms with Gasteiger partial charge in [-0.3, -0.25) is 4.79 Å². The summed E-state index contributed by atoms with van der Waals surface area (Å²) in [4.78, 5) is 37.1. The number of nitrogens with one attached hydrogen (secondary N) is 1. The van der Waals surface area contributed by atoms with E-state index in [2.05, 4.69) is 15.0 Å². The Bertz CT molecular complexity index is 721. The third-order valence-electron chi connectivity index (χ3n) is 2.78. The van der Waals surface area contributed by atoms with Crippen LogP contribution in [0.15, 0.2) is 11.0 Å². The number of aryl methyl sites for hydroxylation is 1. The average Bonchev–Trinajstić information content (AvgIpc) is 2.38. The second-order valence-corrected chi connectivity index (χ2v) is 4.48. The third-order valence-corrected chi connectivity index (χ3v) is 2.78. The van der Waals surface area contributed by atoms with Crippen LogP contribution in [0.1, 0.15) is 23.0 Å². The summed E-state index contributed by atoms with van der Waals surface area (Å²) >= 11 is 0. The summed E-state index contributed by atoms with van der Waals surface area (Å²) in [5, 5.41) is 0. The van der Waals surface area contributed by atoms with E-state index in [0.717, 1.165) is 0 Å². The first-order chi connectivity index (χ1) is 9.45. The van der Waals surface area contributed by atoms with Gasteiger partial charge in [0.2, 0.25) is 5.43 Å². The molecule has 0 atom stereocenters. The fourth-order valence-corrected chi connectivity index (χ4v) is 1.89. The van der Waals surface area contributed by atoms with Gasteiger partial charge in [-0.25, -0.2) is 14.8 Å². The molecule has 0 fully saturated rings. The number of carbonyl (C=O) groups is 1. The molecule has 0 aliphatic heterocycles. The van der Waals surface area contributed by atoms with Crippen LogP contribution >= 0.6 is 0 Å². The molecular formula is C13H16N4O3. The molecule has 0 saturated heterocycles. The van der Waals surface area contributed by atoms with Gasteiger partial charge in [-0.2, -0.15) is 0 Å². The maximum Gasteiger partial charge on any atom is 0.343 e. The number of esters is 1. The molecule has 0 spiro atoms. The molecule has 7 nitrogen and oxygen atoms in total. The van der Waals surface area contributed by atoms with Gasteiger partial charge in [0.1, 0.15) is 5.56 Å². The molecule has 0 aliphatic rings. The van der Waals surface area contributed by atoms with Gasteiger partial charge in [0.15, 0.2) is 17.0 Å². The standard InChI is InChI=1S/C13H16N4O3/c1-5-20-13(19)8-6-14-11-9(10(8)18)16-12(17(3)4)7(2)15-11/h6H,5H2,1-4H3,(H,14,15,18). The molecule has 0 amide bonds. The molecule has 0 aliphatic carbocycles. The van der Waals surface area contributed by atoms with Crippen molar-refractivity contribution in [1.82, 2.24) is 15.0 Å². The van der Waals surface area contributed by atoms with Crippen LogP contribution in [-0.4, -0.2) is 41.6 Å². The molecule has 0 saturated carbocycles. The van der Waals surface area contributed by atoms with Crippen molar-refractivity contribution in [3.63, 3.8) is 0 Å². The van der Waals surface area contributed by atoms with E-state index < -0.39 is 11.4 Å². The van der Waals surface area contributed by atoms with E-state index in [9.17, 15) is 9.59 Å². The second kappa shape index (κ2) is 5.28. The molecule has 0 unspecified atom stereocenters. The number of rotatable bonds is 3. The lowest BCUT2D eigenvalue weighted by Gasteiger charge is -2.14. The Hall–Kier alpha value is -2.44. The first-order valence-electron chi connectivity index (χ1n) is 6.20. The van der Waals surface area contributed by atoms with Crippen LogP contribution in [0.25, 0.3) is 11.2 Å². The molecule has 2 aromatic heterocycles. The minimum Gasteiger partial charge on any atom is -0.462 e. The van der Waals surface area contributed by atoms with Gasteiger partial charge in [-0.05, 0) is 13.8 Å². The van der Waals surface area contributed by atoms with E-state index in [-0.39, 0.29) is 17.7 Å². The number of carbonyl (C=O) groups excluding carboxylic acids is 1. The van der Waals surface area contributed by atoms with Crippen molar-refractivity contribution < 1.29 is 9.53 Å². The van der Waals surface area contributed by atoms with E-state index in [4.69, 9.17) is 4.74 Å². The number of ether oxygens (including phenoxy) is 1. The van der Waals surface area contributed by atoms with Gasteiger partial charge in [-0.15, -0.1) is 0 Å². The van der Waals surface area contributed by atoms with Gasteiger partial charge < -0.3 is 14.6 Å². The number of hydrogen-bond donors (Lipinski definition) is 1. The number of anilines is 1. The Kier molecular flexibility index (Phi) is 3.69. The molecular weight excluding hydrogens is 260 g/mol. The lowest BCUT2D eigenvalue weighted by molar-refractivity contribution is 0.0524. The van der Waals surface area contributed by atoms with E-state index in [1.54, 1.807) is 18.7 Å². The Labute approximate surface area is 115 Å². The van der Waals surface area contributed by atoms with Crippen molar-refractivity contribution in [3.05, 3.63) is 27.7 Å². The number of aromatic amines is 1.